The first-order valence-electron chi connectivity index (χ1n) is 5.69. The number of aliphatic carboxylic acids is 1. The third kappa shape index (κ3) is 3.50. The van der Waals surface area contributed by atoms with Crippen molar-refractivity contribution < 1.29 is 14.7 Å². The van der Waals surface area contributed by atoms with Crippen LogP contribution in [0.25, 0.3) is 0 Å². The summed E-state index contributed by atoms with van der Waals surface area (Å²) in [5, 5.41) is 11.6. The standard InChI is InChI=1S/C11H11Br2N3O3/c12-7-4-14-9(8(13)15-7)16-10(17)5-1-2-6(3-5)11(18)19/h4-6H,1-3H2,(H,18,19)(H,14,16,17)/t5-,6+/m1/s1. The second-order valence-electron chi connectivity index (χ2n) is 4.37. The van der Waals surface area contributed by atoms with Crippen molar-refractivity contribution in [3.05, 3.63) is 15.4 Å². The van der Waals surface area contributed by atoms with Gasteiger partial charge in [0, 0.05) is 5.92 Å². The topological polar surface area (TPSA) is 92.2 Å². The van der Waals surface area contributed by atoms with Crippen LogP contribution < -0.4 is 5.32 Å². The smallest absolute Gasteiger partial charge is 0.306 e. The molecule has 0 bridgehead atoms. The van der Waals surface area contributed by atoms with Gasteiger partial charge in [0.25, 0.3) is 0 Å². The first-order valence-corrected chi connectivity index (χ1v) is 7.27. The zero-order valence-corrected chi connectivity index (χ0v) is 12.9. The summed E-state index contributed by atoms with van der Waals surface area (Å²) >= 11 is 6.38. The maximum absolute atomic E-state index is 12.0. The van der Waals surface area contributed by atoms with E-state index in [0.717, 1.165) is 0 Å². The molecule has 19 heavy (non-hydrogen) atoms. The number of amides is 1. The van der Waals surface area contributed by atoms with Gasteiger partial charge in [0.05, 0.1) is 12.1 Å². The number of aromatic nitrogens is 2. The van der Waals surface area contributed by atoms with Crippen LogP contribution in [0.5, 0.6) is 0 Å². The number of anilines is 1. The van der Waals surface area contributed by atoms with Gasteiger partial charge in [-0.2, -0.15) is 0 Å². The molecule has 1 heterocycles. The number of nitrogens with one attached hydrogen (secondary N) is 1. The number of hydrogen-bond donors (Lipinski definition) is 2. The Bertz CT molecular complexity index is 524. The Morgan fingerprint density at radius 1 is 1.32 bits per heavy atom. The summed E-state index contributed by atoms with van der Waals surface area (Å²) < 4.78 is 0.993. The highest BCUT2D eigenvalue weighted by Gasteiger charge is 2.34. The predicted molar refractivity (Wildman–Crippen MR) is 74.5 cm³/mol. The number of carbonyl (C=O) groups is 2. The summed E-state index contributed by atoms with van der Waals surface area (Å²) in [5.41, 5.74) is 0. The highest BCUT2D eigenvalue weighted by molar-refractivity contribution is 9.11. The molecule has 6 nitrogen and oxygen atoms in total. The maximum Gasteiger partial charge on any atom is 0.306 e. The summed E-state index contributed by atoms with van der Waals surface area (Å²) in [5.74, 6) is -1.40. The Hall–Kier alpha value is -1.02. The molecule has 1 saturated carbocycles. The first kappa shape index (κ1) is 14.4. The number of hydrogen-bond acceptors (Lipinski definition) is 4. The molecule has 2 rings (SSSR count). The lowest BCUT2D eigenvalue weighted by Gasteiger charge is -2.10. The van der Waals surface area contributed by atoms with E-state index in [1.54, 1.807) is 0 Å². The average Bonchev–Trinajstić information content (AvgIpc) is 2.82. The van der Waals surface area contributed by atoms with Crippen molar-refractivity contribution in [2.45, 2.75) is 19.3 Å². The molecule has 1 fully saturated rings. The lowest BCUT2D eigenvalue weighted by atomic mass is 10.0. The van der Waals surface area contributed by atoms with Gasteiger partial charge in [0.15, 0.2) is 5.82 Å². The van der Waals surface area contributed by atoms with Crippen LogP contribution in [-0.4, -0.2) is 27.0 Å². The lowest BCUT2D eigenvalue weighted by Crippen LogP contribution is -2.22. The Kier molecular flexibility index (Phi) is 4.51. The molecule has 0 unspecified atom stereocenters. The van der Waals surface area contributed by atoms with E-state index in [1.165, 1.54) is 6.20 Å². The van der Waals surface area contributed by atoms with Crippen LogP contribution >= 0.6 is 31.9 Å². The van der Waals surface area contributed by atoms with Gasteiger partial charge in [-0.3, -0.25) is 9.59 Å². The van der Waals surface area contributed by atoms with Gasteiger partial charge in [-0.15, -0.1) is 0 Å². The second kappa shape index (κ2) is 5.96. The Morgan fingerprint density at radius 3 is 2.58 bits per heavy atom. The number of halogens is 2. The van der Waals surface area contributed by atoms with E-state index in [9.17, 15) is 9.59 Å². The van der Waals surface area contributed by atoms with Crippen LogP contribution in [0.3, 0.4) is 0 Å². The summed E-state index contributed by atoms with van der Waals surface area (Å²) in [4.78, 5) is 31.0. The number of nitrogens with zero attached hydrogens (tertiary/aromatic N) is 2. The van der Waals surface area contributed by atoms with E-state index in [-0.39, 0.29) is 11.8 Å². The minimum atomic E-state index is -0.833. The van der Waals surface area contributed by atoms with Crippen molar-refractivity contribution in [1.82, 2.24) is 9.97 Å². The van der Waals surface area contributed by atoms with Gasteiger partial charge in [-0.25, -0.2) is 9.97 Å². The van der Waals surface area contributed by atoms with Crippen LogP contribution in [0.2, 0.25) is 0 Å². The van der Waals surface area contributed by atoms with Crippen molar-refractivity contribution in [2.75, 3.05) is 5.32 Å². The molecule has 1 aromatic rings. The highest BCUT2D eigenvalue weighted by atomic mass is 79.9. The van der Waals surface area contributed by atoms with Crippen molar-refractivity contribution in [2.24, 2.45) is 11.8 Å². The fourth-order valence-electron chi connectivity index (χ4n) is 2.09. The van der Waals surface area contributed by atoms with Crippen LogP contribution in [0.4, 0.5) is 5.82 Å². The van der Waals surface area contributed by atoms with Crippen LogP contribution in [0, 0.1) is 11.8 Å². The van der Waals surface area contributed by atoms with Crippen molar-refractivity contribution >= 4 is 49.6 Å². The van der Waals surface area contributed by atoms with E-state index in [2.05, 4.69) is 47.1 Å². The number of carbonyl (C=O) groups excluding carboxylic acids is 1. The van der Waals surface area contributed by atoms with Gasteiger partial charge in [0.2, 0.25) is 5.91 Å². The molecular weight excluding hydrogens is 382 g/mol. The fourth-order valence-corrected chi connectivity index (χ4v) is 3.00. The molecule has 1 aromatic heterocycles. The molecule has 1 aliphatic rings. The lowest BCUT2D eigenvalue weighted by molar-refractivity contribution is -0.141. The minimum absolute atomic E-state index is 0.207. The maximum atomic E-state index is 12.0. The SMILES string of the molecule is O=C(O)[C@H]1CC[C@@H](C(=O)Nc2ncc(Br)nc2Br)C1. The van der Waals surface area contributed by atoms with E-state index in [1.807, 2.05) is 0 Å². The highest BCUT2D eigenvalue weighted by Crippen LogP contribution is 2.32. The van der Waals surface area contributed by atoms with Gasteiger partial charge < -0.3 is 10.4 Å². The van der Waals surface area contributed by atoms with E-state index < -0.39 is 11.9 Å². The number of carboxylic acids is 1. The third-order valence-electron chi connectivity index (χ3n) is 3.09. The number of rotatable bonds is 3. The average molecular weight is 393 g/mol. The van der Waals surface area contributed by atoms with Gasteiger partial charge in [-0.1, -0.05) is 0 Å². The molecule has 0 aliphatic heterocycles. The summed E-state index contributed by atoms with van der Waals surface area (Å²) in [7, 11) is 0. The molecule has 2 N–H and O–H groups in total. The molecule has 1 aliphatic carbocycles. The van der Waals surface area contributed by atoms with E-state index in [4.69, 9.17) is 5.11 Å². The molecule has 0 aromatic carbocycles. The quantitative estimate of drug-likeness (QED) is 0.824. The van der Waals surface area contributed by atoms with Crippen LogP contribution in [0.15, 0.2) is 15.4 Å². The Morgan fingerprint density at radius 2 is 2.00 bits per heavy atom. The van der Waals surface area contributed by atoms with Crippen molar-refractivity contribution in [3.63, 3.8) is 0 Å². The van der Waals surface area contributed by atoms with Crippen molar-refractivity contribution in [3.8, 4) is 0 Å². The normalized spacial score (nSPS) is 22.2. The molecule has 0 radical (unpaired) electrons. The summed E-state index contributed by atoms with van der Waals surface area (Å²) in [6.07, 6.45) is 2.99. The third-order valence-corrected chi connectivity index (χ3v) is 4.03. The van der Waals surface area contributed by atoms with E-state index in [0.29, 0.717) is 34.3 Å². The predicted octanol–water partition coefficient (Wildman–Crippen LogP) is 2.44. The van der Waals surface area contributed by atoms with Crippen LogP contribution in [0.1, 0.15) is 19.3 Å². The Balaban J connectivity index is 2.00. The monoisotopic (exact) mass is 391 g/mol. The molecule has 8 heteroatoms. The fraction of sp³-hybridized carbons (Fsp3) is 0.455. The van der Waals surface area contributed by atoms with Crippen LogP contribution in [-0.2, 0) is 9.59 Å². The molecule has 102 valence electrons. The van der Waals surface area contributed by atoms with Gasteiger partial charge >= 0.3 is 5.97 Å². The second-order valence-corrected chi connectivity index (χ2v) is 5.93. The molecule has 2 atom stereocenters. The molecule has 1 amide bonds. The van der Waals surface area contributed by atoms with Gasteiger partial charge in [-0.05, 0) is 51.1 Å². The molecule has 0 saturated heterocycles. The first-order chi connectivity index (χ1) is 8.97. The van der Waals surface area contributed by atoms with Gasteiger partial charge in [0.1, 0.15) is 9.21 Å². The van der Waals surface area contributed by atoms with E-state index >= 15 is 0 Å². The zero-order chi connectivity index (χ0) is 14.0. The summed E-state index contributed by atoms with van der Waals surface area (Å²) in [6.45, 7) is 0. The Labute approximate surface area is 126 Å². The number of carboxylic acid groups (broad SMARTS) is 1. The largest absolute Gasteiger partial charge is 0.481 e. The summed E-state index contributed by atoms with van der Waals surface area (Å²) in [6, 6.07) is 0. The molecule has 0 spiro atoms. The zero-order valence-electron chi connectivity index (χ0n) is 9.77. The minimum Gasteiger partial charge on any atom is -0.481 e. The van der Waals surface area contributed by atoms with Crippen molar-refractivity contribution in [1.29, 1.82) is 0 Å². The molecular formula is C11H11Br2N3O3.